The number of hydrogen-bond donors (Lipinski definition) is 1. The van der Waals surface area contributed by atoms with Crippen molar-refractivity contribution in [2.75, 3.05) is 13.7 Å². The SMILES string of the molecule is COCC(C)NCc1ccoc1. The Labute approximate surface area is 72.7 Å². The van der Waals surface area contributed by atoms with Gasteiger partial charge in [0.15, 0.2) is 0 Å². The Kier molecular flexibility index (Phi) is 3.84. The van der Waals surface area contributed by atoms with Crippen LogP contribution in [0.15, 0.2) is 23.0 Å². The van der Waals surface area contributed by atoms with Crippen molar-refractivity contribution in [3.05, 3.63) is 24.2 Å². The first-order chi connectivity index (χ1) is 5.83. The molecule has 1 aromatic rings. The lowest BCUT2D eigenvalue weighted by Crippen LogP contribution is -2.29. The van der Waals surface area contributed by atoms with Crippen molar-refractivity contribution in [2.45, 2.75) is 19.5 Å². The number of rotatable bonds is 5. The molecule has 0 aliphatic heterocycles. The number of hydrogen-bond acceptors (Lipinski definition) is 3. The molecule has 3 heteroatoms. The largest absolute Gasteiger partial charge is 0.472 e. The van der Waals surface area contributed by atoms with E-state index >= 15 is 0 Å². The Balaban J connectivity index is 2.17. The molecule has 1 aromatic heterocycles. The molecule has 1 heterocycles. The Morgan fingerprint density at radius 1 is 1.67 bits per heavy atom. The summed E-state index contributed by atoms with van der Waals surface area (Å²) in [6.45, 7) is 3.66. The van der Waals surface area contributed by atoms with Gasteiger partial charge in [0.25, 0.3) is 0 Å². The van der Waals surface area contributed by atoms with Crippen molar-refractivity contribution < 1.29 is 9.15 Å². The predicted molar refractivity (Wildman–Crippen MR) is 46.9 cm³/mol. The molecule has 0 radical (unpaired) electrons. The maximum absolute atomic E-state index is 4.99. The van der Waals surface area contributed by atoms with Crippen molar-refractivity contribution in [3.8, 4) is 0 Å². The third kappa shape index (κ3) is 3.07. The van der Waals surface area contributed by atoms with E-state index in [0.717, 1.165) is 18.7 Å². The molecule has 1 rings (SSSR count). The molecular formula is C9H15NO2. The van der Waals surface area contributed by atoms with Crippen LogP contribution < -0.4 is 5.32 Å². The molecule has 0 aliphatic carbocycles. The maximum Gasteiger partial charge on any atom is 0.0947 e. The van der Waals surface area contributed by atoms with Crippen molar-refractivity contribution in [1.29, 1.82) is 0 Å². The Hall–Kier alpha value is -0.800. The molecule has 0 amide bonds. The Bertz CT molecular complexity index is 196. The fourth-order valence-corrected chi connectivity index (χ4v) is 0.994. The van der Waals surface area contributed by atoms with Gasteiger partial charge in [-0.25, -0.2) is 0 Å². The molecule has 0 aromatic carbocycles. The van der Waals surface area contributed by atoms with Crippen LogP contribution in [-0.4, -0.2) is 19.8 Å². The zero-order valence-corrected chi connectivity index (χ0v) is 7.54. The average molecular weight is 169 g/mol. The first-order valence-corrected chi connectivity index (χ1v) is 4.06. The standard InChI is InChI=1S/C9H15NO2/c1-8(6-11-2)10-5-9-3-4-12-7-9/h3-4,7-8,10H,5-6H2,1-2H3. The molecule has 1 atom stereocenters. The first-order valence-electron chi connectivity index (χ1n) is 4.06. The van der Waals surface area contributed by atoms with Gasteiger partial charge in [0, 0.05) is 25.3 Å². The summed E-state index contributed by atoms with van der Waals surface area (Å²) in [5.74, 6) is 0. The van der Waals surface area contributed by atoms with Gasteiger partial charge in [-0.05, 0) is 13.0 Å². The van der Waals surface area contributed by atoms with Gasteiger partial charge in [0.2, 0.25) is 0 Å². The van der Waals surface area contributed by atoms with Crippen LogP contribution in [0.1, 0.15) is 12.5 Å². The minimum Gasteiger partial charge on any atom is -0.472 e. The van der Waals surface area contributed by atoms with Crippen LogP contribution in [0.5, 0.6) is 0 Å². The summed E-state index contributed by atoms with van der Waals surface area (Å²) in [6, 6.07) is 2.33. The second-order valence-corrected chi connectivity index (χ2v) is 2.87. The number of nitrogens with one attached hydrogen (secondary N) is 1. The van der Waals surface area contributed by atoms with Crippen LogP contribution in [0.4, 0.5) is 0 Å². The van der Waals surface area contributed by atoms with Crippen LogP contribution in [0.2, 0.25) is 0 Å². The summed E-state index contributed by atoms with van der Waals surface area (Å²) < 4.78 is 9.92. The summed E-state index contributed by atoms with van der Waals surface area (Å²) in [6.07, 6.45) is 3.42. The zero-order valence-electron chi connectivity index (χ0n) is 7.54. The average Bonchev–Trinajstić information content (AvgIpc) is 2.53. The first kappa shape index (κ1) is 9.29. The highest BCUT2D eigenvalue weighted by Gasteiger charge is 2.00. The molecule has 0 saturated heterocycles. The van der Waals surface area contributed by atoms with Gasteiger partial charge < -0.3 is 14.5 Å². The second-order valence-electron chi connectivity index (χ2n) is 2.87. The molecule has 68 valence electrons. The topological polar surface area (TPSA) is 34.4 Å². The van der Waals surface area contributed by atoms with E-state index in [1.54, 1.807) is 19.6 Å². The highest BCUT2D eigenvalue weighted by molar-refractivity contribution is 5.04. The normalized spacial score (nSPS) is 13.2. The molecule has 0 fully saturated rings. The molecule has 3 nitrogen and oxygen atoms in total. The molecule has 0 spiro atoms. The summed E-state index contributed by atoms with van der Waals surface area (Å²) in [5, 5.41) is 3.30. The van der Waals surface area contributed by atoms with Gasteiger partial charge in [-0.1, -0.05) is 0 Å². The molecule has 0 aliphatic rings. The van der Waals surface area contributed by atoms with Crippen molar-refractivity contribution in [3.63, 3.8) is 0 Å². The lowest BCUT2D eigenvalue weighted by Gasteiger charge is -2.10. The number of methoxy groups -OCH3 is 1. The second kappa shape index (κ2) is 4.95. The van der Waals surface area contributed by atoms with Crippen molar-refractivity contribution in [2.24, 2.45) is 0 Å². The van der Waals surface area contributed by atoms with E-state index in [9.17, 15) is 0 Å². The maximum atomic E-state index is 4.99. The van der Waals surface area contributed by atoms with Gasteiger partial charge in [-0.3, -0.25) is 0 Å². The minimum absolute atomic E-state index is 0.380. The van der Waals surface area contributed by atoms with Gasteiger partial charge in [0.1, 0.15) is 0 Å². The highest BCUT2D eigenvalue weighted by Crippen LogP contribution is 1.99. The van der Waals surface area contributed by atoms with E-state index < -0.39 is 0 Å². The monoisotopic (exact) mass is 169 g/mol. The lowest BCUT2D eigenvalue weighted by molar-refractivity contribution is 0.171. The lowest BCUT2D eigenvalue weighted by atomic mass is 10.3. The van der Waals surface area contributed by atoms with Gasteiger partial charge in [-0.2, -0.15) is 0 Å². The Morgan fingerprint density at radius 2 is 2.50 bits per heavy atom. The van der Waals surface area contributed by atoms with Gasteiger partial charge in [0.05, 0.1) is 19.1 Å². The van der Waals surface area contributed by atoms with E-state index in [1.807, 2.05) is 6.07 Å². The van der Waals surface area contributed by atoms with Crippen molar-refractivity contribution >= 4 is 0 Å². The Morgan fingerprint density at radius 3 is 3.08 bits per heavy atom. The van der Waals surface area contributed by atoms with Crippen LogP contribution in [-0.2, 0) is 11.3 Å². The van der Waals surface area contributed by atoms with Crippen LogP contribution >= 0.6 is 0 Å². The number of furan rings is 1. The van der Waals surface area contributed by atoms with E-state index in [0.29, 0.717) is 6.04 Å². The fourth-order valence-electron chi connectivity index (χ4n) is 0.994. The van der Waals surface area contributed by atoms with E-state index in [2.05, 4.69) is 12.2 Å². The van der Waals surface area contributed by atoms with Crippen molar-refractivity contribution in [1.82, 2.24) is 5.32 Å². The third-order valence-electron chi connectivity index (χ3n) is 1.65. The summed E-state index contributed by atoms with van der Waals surface area (Å²) >= 11 is 0. The molecule has 0 bridgehead atoms. The van der Waals surface area contributed by atoms with Gasteiger partial charge in [-0.15, -0.1) is 0 Å². The molecular weight excluding hydrogens is 154 g/mol. The van der Waals surface area contributed by atoms with Crippen LogP contribution in [0.3, 0.4) is 0 Å². The van der Waals surface area contributed by atoms with E-state index in [-0.39, 0.29) is 0 Å². The minimum atomic E-state index is 0.380. The highest BCUT2D eigenvalue weighted by atomic mass is 16.5. The molecule has 12 heavy (non-hydrogen) atoms. The summed E-state index contributed by atoms with van der Waals surface area (Å²) in [4.78, 5) is 0. The number of ether oxygens (including phenoxy) is 1. The van der Waals surface area contributed by atoms with Gasteiger partial charge >= 0.3 is 0 Å². The molecule has 1 unspecified atom stereocenters. The third-order valence-corrected chi connectivity index (χ3v) is 1.65. The molecule has 1 N–H and O–H groups in total. The summed E-state index contributed by atoms with van der Waals surface area (Å²) in [7, 11) is 1.70. The van der Waals surface area contributed by atoms with E-state index in [1.165, 1.54) is 0 Å². The fraction of sp³-hybridized carbons (Fsp3) is 0.556. The van der Waals surface area contributed by atoms with Crippen LogP contribution in [0, 0.1) is 0 Å². The quantitative estimate of drug-likeness (QED) is 0.723. The zero-order chi connectivity index (χ0) is 8.81. The van der Waals surface area contributed by atoms with E-state index in [4.69, 9.17) is 9.15 Å². The smallest absolute Gasteiger partial charge is 0.0947 e. The molecule has 0 saturated carbocycles. The predicted octanol–water partition coefficient (Wildman–Crippen LogP) is 1.40. The summed E-state index contributed by atoms with van der Waals surface area (Å²) in [5.41, 5.74) is 1.16. The van der Waals surface area contributed by atoms with Crippen LogP contribution in [0.25, 0.3) is 0 Å².